The van der Waals surface area contributed by atoms with Gasteiger partial charge in [0, 0.05) is 0 Å². The van der Waals surface area contributed by atoms with Crippen molar-refractivity contribution < 1.29 is 25.6 Å². The number of hydrogen-bond donors (Lipinski definition) is 1. The molecule has 0 aromatic rings. The van der Waals surface area contributed by atoms with Crippen LogP contribution in [0.2, 0.25) is 0 Å². The van der Waals surface area contributed by atoms with Crippen molar-refractivity contribution in [1.29, 1.82) is 0 Å². The van der Waals surface area contributed by atoms with Crippen molar-refractivity contribution in [3.8, 4) is 0 Å². The quantitative estimate of drug-likeness (QED) is 0.373. The minimum Gasteiger partial charge on any atom is -0.285 e. The van der Waals surface area contributed by atoms with Crippen LogP contribution in [0.5, 0.6) is 0 Å². The van der Waals surface area contributed by atoms with Crippen LogP contribution < -0.4 is 0 Å². The van der Waals surface area contributed by atoms with Gasteiger partial charge in [-0.05, 0) is 0 Å². The lowest BCUT2D eigenvalue weighted by molar-refractivity contribution is 0.359. The second-order valence-corrected chi connectivity index (χ2v) is 5.29. The van der Waals surface area contributed by atoms with Gasteiger partial charge in [-0.15, -0.1) is 6.58 Å². The highest BCUT2D eigenvalue weighted by Gasteiger charge is 2.19. The maximum atomic E-state index is 10.6. The summed E-state index contributed by atoms with van der Waals surface area (Å²) in [6.45, 7) is 2.84. The summed E-state index contributed by atoms with van der Waals surface area (Å²) in [4.78, 5) is 0. The van der Waals surface area contributed by atoms with E-state index >= 15 is 0 Å². The van der Waals surface area contributed by atoms with Crippen LogP contribution in [0.25, 0.3) is 0 Å². The van der Waals surface area contributed by atoms with Crippen LogP contribution in [0.15, 0.2) is 12.7 Å². The standard InChI is InChI=1S/C4H8O6S2/c1-2-3-10-12(8,9)4-11(5,6)7/h2H,1,3-4H2,(H,5,6,7). The molecule has 0 atom stereocenters. The Labute approximate surface area is 70.7 Å². The van der Waals surface area contributed by atoms with Crippen molar-refractivity contribution in [1.82, 2.24) is 0 Å². The van der Waals surface area contributed by atoms with Crippen LogP contribution in [0.4, 0.5) is 0 Å². The summed E-state index contributed by atoms with van der Waals surface area (Å²) in [5.74, 6) is 0. The van der Waals surface area contributed by atoms with Gasteiger partial charge in [-0.25, -0.2) is 0 Å². The lowest BCUT2D eigenvalue weighted by atomic mass is 10.7. The fraction of sp³-hybridized carbons (Fsp3) is 0.500. The van der Waals surface area contributed by atoms with E-state index in [0.717, 1.165) is 6.08 Å². The molecule has 0 radical (unpaired) electrons. The van der Waals surface area contributed by atoms with E-state index in [2.05, 4.69) is 10.8 Å². The molecule has 0 unspecified atom stereocenters. The summed E-state index contributed by atoms with van der Waals surface area (Å²) in [5, 5.41) is -1.44. The first-order valence-electron chi connectivity index (χ1n) is 2.70. The summed E-state index contributed by atoms with van der Waals surface area (Å²) in [6.07, 6.45) is 1.14. The molecule has 0 aliphatic carbocycles. The zero-order valence-corrected chi connectivity index (χ0v) is 7.64. The Morgan fingerprint density at radius 1 is 1.33 bits per heavy atom. The molecule has 0 bridgehead atoms. The van der Waals surface area contributed by atoms with Gasteiger partial charge >= 0.3 is 0 Å². The molecule has 1 N–H and O–H groups in total. The number of hydrogen-bond acceptors (Lipinski definition) is 5. The van der Waals surface area contributed by atoms with Gasteiger partial charge in [0.25, 0.3) is 20.2 Å². The average molecular weight is 216 g/mol. The van der Waals surface area contributed by atoms with Gasteiger partial charge in [0.15, 0.2) is 0 Å². The molecule has 0 spiro atoms. The van der Waals surface area contributed by atoms with E-state index in [4.69, 9.17) is 4.55 Å². The van der Waals surface area contributed by atoms with Gasteiger partial charge in [0.05, 0.1) is 6.61 Å². The molecule has 12 heavy (non-hydrogen) atoms. The summed E-state index contributed by atoms with van der Waals surface area (Å²) in [5.41, 5.74) is 0. The number of rotatable bonds is 5. The van der Waals surface area contributed by atoms with Crippen molar-refractivity contribution >= 4 is 20.2 Å². The van der Waals surface area contributed by atoms with E-state index in [9.17, 15) is 16.8 Å². The zero-order valence-electron chi connectivity index (χ0n) is 6.00. The summed E-state index contributed by atoms with van der Waals surface area (Å²) >= 11 is 0. The van der Waals surface area contributed by atoms with E-state index in [0.29, 0.717) is 0 Å². The Morgan fingerprint density at radius 3 is 2.17 bits per heavy atom. The lowest BCUT2D eigenvalue weighted by Crippen LogP contribution is -2.18. The fourth-order valence-corrected chi connectivity index (χ4v) is 2.40. The molecule has 0 heterocycles. The lowest BCUT2D eigenvalue weighted by Gasteiger charge is -1.99. The van der Waals surface area contributed by atoms with Crippen molar-refractivity contribution in [3.05, 3.63) is 12.7 Å². The van der Waals surface area contributed by atoms with Crippen LogP contribution in [0.3, 0.4) is 0 Å². The molecule has 0 aliphatic heterocycles. The van der Waals surface area contributed by atoms with Crippen LogP contribution >= 0.6 is 0 Å². The highest BCUT2D eigenvalue weighted by atomic mass is 32.3. The summed E-state index contributed by atoms with van der Waals surface area (Å²) in [6, 6.07) is 0. The molecule has 72 valence electrons. The minimum absolute atomic E-state index is 0.322. The largest absolute Gasteiger partial charge is 0.285 e. The van der Waals surface area contributed by atoms with E-state index in [1.807, 2.05) is 0 Å². The predicted molar refractivity (Wildman–Crippen MR) is 41.5 cm³/mol. The van der Waals surface area contributed by atoms with Crippen molar-refractivity contribution in [2.75, 3.05) is 11.7 Å². The van der Waals surface area contributed by atoms with Crippen LogP contribution in [0.1, 0.15) is 0 Å². The molecule has 0 fully saturated rings. The maximum absolute atomic E-state index is 10.6. The smallest absolute Gasteiger partial charge is 0.284 e. The molecule has 0 saturated heterocycles. The Kier molecular flexibility index (Phi) is 3.84. The van der Waals surface area contributed by atoms with Crippen molar-refractivity contribution in [2.45, 2.75) is 0 Å². The highest BCUT2D eigenvalue weighted by Crippen LogP contribution is 1.97. The average Bonchev–Trinajstić information content (AvgIpc) is 1.78. The van der Waals surface area contributed by atoms with Gasteiger partial charge in [-0.2, -0.15) is 16.8 Å². The minimum atomic E-state index is -4.56. The van der Waals surface area contributed by atoms with Gasteiger partial charge in [-0.1, -0.05) is 6.08 Å². The third-order valence-electron chi connectivity index (χ3n) is 0.659. The highest BCUT2D eigenvalue weighted by molar-refractivity contribution is 8.03. The molecular weight excluding hydrogens is 208 g/mol. The van der Waals surface area contributed by atoms with Crippen LogP contribution in [0, 0.1) is 0 Å². The van der Waals surface area contributed by atoms with Crippen molar-refractivity contribution in [3.63, 3.8) is 0 Å². The molecule has 0 saturated carbocycles. The van der Waals surface area contributed by atoms with E-state index in [1.54, 1.807) is 0 Å². The SMILES string of the molecule is C=CCOS(=O)(=O)CS(=O)(=O)O. The first kappa shape index (κ1) is 11.6. The molecular formula is C4H8O6S2. The van der Waals surface area contributed by atoms with Gasteiger partial charge < -0.3 is 0 Å². The monoisotopic (exact) mass is 216 g/mol. The first-order valence-corrected chi connectivity index (χ1v) is 5.88. The Hall–Kier alpha value is -0.440. The molecule has 6 nitrogen and oxygen atoms in total. The Balaban J connectivity index is 4.35. The molecule has 0 aromatic heterocycles. The maximum Gasteiger partial charge on any atom is 0.284 e. The van der Waals surface area contributed by atoms with Gasteiger partial charge in [0.2, 0.25) is 5.08 Å². The zero-order chi connectivity index (χ0) is 9.83. The van der Waals surface area contributed by atoms with Gasteiger partial charge in [-0.3, -0.25) is 8.74 Å². The molecule has 0 aromatic carbocycles. The predicted octanol–water partition coefficient (Wildman–Crippen LogP) is -0.636. The van der Waals surface area contributed by atoms with Crippen LogP contribution in [-0.2, 0) is 24.4 Å². The van der Waals surface area contributed by atoms with Crippen LogP contribution in [-0.4, -0.2) is 33.1 Å². The fourth-order valence-electron chi connectivity index (χ4n) is 0.368. The Morgan fingerprint density at radius 2 is 1.83 bits per heavy atom. The van der Waals surface area contributed by atoms with E-state index < -0.39 is 25.3 Å². The normalized spacial score (nSPS) is 12.8. The second-order valence-electron chi connectivity index (χ2n) is 1.83. The second kappa shape index (κ2) is 3.99. The summed E-state index contributed by atoms with van der Waals surface area (Å²) < 4.78 is 53.6. The summed E-state index contributed by atoms with van der Waals surface area (Å²) in [7, 11) is -8.77. The third-order valence-corrected chi connectivity index (χ3v) is 3.50. The molecule has 0 aliphatic rings. The molecule has 0 amide bonds. The molecule has 0 rings (SSSR count). The first-order chi connectivity index (χ1) is 5.27. The Bertz CT molecular complexity index is 336. The third kappa shape index (κ3) is 6.28. The van der Waals surface area contributed by atoms with Crippen molar-refractivity contribution in [2.24, 2.45) is 0 Å². The van der Waals surface area contributed by atoms with Gasteiger partial charge in [0.1, 0.15) is 0 Å². The molecule has 8 heteroatoms. The van der Waals surface area contributed by atoms with E-state index in [1.165, 1.54) is 0 Å². The van der Waals surface area contributed by atoms with E-state index in [-0.39, 0.29) is 6.61 Å². The topological polar surface area (TPSA) is 97.7 Å².